The molecular weight excluding hydrogens is 382 g/mol. The van der Waals surface area contributed by atoms with E-state index in [0.29, 0.717) is 22.5 Å². The van der Waals surface area contributed by atoms with Gasteiger partial charge >= 0.3 is 0 Å². The summed E-state index contributed by atoms with van der Waals surface area (Å²) in [4.78, 5) is 29.8. The van der Waals surface area contributed by atoms with Gasteiger partial charge in [-0.2, -0.15) is 0 Å². The molecule has 5 nitrogen and oxygen atoms in total. The molecule has 0 bridgehead atoms. The standard InChI is InChI=1S/C19H18BrN3O2/c1-11-7-15(12(2)23(11)14-4-5-14)18(24)9-22-10-21-17-6-3-13(20)8-16(17)19(22)25/h3,6-8,10,14H,4-5,9H2,1-2H3. The Kier molecular flexibility index (Phi) is 3.87. The number of aryl methyl sites for hydroxylation is 1. The molecule has 3 aromatic rings. The van der Waals surface area contributed by atoms with Gasteiger partial charge in [-0.05, 0) is 51.0 Å². The Bertz CT molecular complexity index is 1060. The van der Waals surface area contributed by atoms with E-state index < -0.39 is 0 Å². The zero-order valence-electron chi connectivity index (χ0n) is 14.1. The molecule has 2 heterocycles. The van der Waals surface area contributed by atoms with Crippen LogP contribution in [-0.2, 0) is 6.54 Å². The minimum atomic E-state index is -0.198. The first-order chi connectivity index (χ1) is 12.0. The van der Waals surface area contributed by atoms with Gasteiger partial charge in [-0.1, -0.05) is 15.9 Å². The summed E-state index contributed by atoms with van der Waals surface area (Å²) in [6, 6.07) is 7.84. The lowest BCUT2D eigenvalue weighted by Crippen LogP contribution is -2.25. The van der Waals surface area contributed by atoms with Crippen molar-refractivity contribution in [1.82, 2.24) is 14.1 Å². The van der Waals surface area contributed by atoms with Gasteiger partial charge in [0.25, 0.3) is 5.56 Å². The highest BCUT2D eigenvalue weighted by Crippen LogP contribution is 2.38. The van der Waals surface area contributed by atoms with Crippen LogP contribution < -0.4 is 5.56 Å². The van der Waals surface area contributed by atoms with Crippen LogP contribution in [0.4, 0.5) is 0 Å². The molecule has 1 aliphatic rings. The van der Waals surface area contributed by atoms with Crippen molar-refractivity contribution in [1.29, 1.82) is 0 Å². The maximum absolute atomic E-state index is 12.8. The lowest BCUT2D eigenvalue weighted by molar-refractivity contribution is 0.0970. The van der Waals surface area contributed by atoms with Crippen LogP contribution in [0.25, 0.3) is 10.9 Å². The normalized spacial score (nSPS) is 14.2. The van der Waals surface area contributed by atoms with Crippen LogP contribution in [0.1, 0.15) is 40.6 Å². The van der Waals surface area contributed by atoms with Crippen molar-refractivity contribution in [3.8, 4) is 0 Å². The van der Waals surface area contributed by atoms with Gasteiger partial charge < -0.3 is 4.57 Å². The SMILES string of the molecule is Cc1cc(C(=O)Cn2cnc3ccc(Br)cc3c2=O)c(C)n1C1CC1. The monoisotopic (exact) mass is 399 g/mol. The maximum Gasteiger partial charge on any atom is 0.261 e. The number of halogens is 1. The third kappa shape index (κ3) is 2.84. The molecule has 0 N–H and O–H groups in total. The molecule has 0 radical (unpaired) electrons. The number of Topliss-reactive ketones (excluding diaryl/α,β-unsaturated/α-hetero) is 1. The third-order valence-corrected chi connectivity index (χ3v) is 5.29. The Morgan fingerprint density at radius 3 is 2.76 bits per heavy atom. The fourth-order valence-corrected chi connectivity index (χ4v) is 3.80. The smallest absolute Gasteiger partial charge is 0.261 e. The number of hydrogen-bond donors (Lipinski definition) is 0. The fraction of sp³-hybridized carbons (Fsp3) is 0.316. The highest BCUT2D eigenvalue weighted by molar-refractivity contribution is 9.10. The van der Waals surface area contributed by atoms with Crippen LogP contribution in [0.5, 0.6) is 0 Å². The summed E-state index contributed by atoms with van der Waals surface area (Å²) in [6.45, 7) is 4.02. The minimum absolute atomic E-state index is 0.00322. The second-order valence-corrected chi connectivity index (χ2v) is 7.56. The van der Waals surface area contributed by atoms with Gasteiger partial charge in [-0.3, -0.25) is 14.2 Å². The van der Waals surface area contributed by atoms with Crippen molar-refractivity contribution in [3.63, 3.8) is 0 Å². The quantitative estimate of drug-likeness (QED) is 0.626. The number of fused-ring (bicyclic) bond motifs is 1. The lowest BCUT2D eigenvalue weighted by atomic mass is 10.1. The van der Waals surface area contributed by atoms with Gasteiger partial charge in [0.15, 0.2) is 5.78 Å². The molecule has 25 heavy (non-hydrogen) atoms. The van der Waals surface area contributed by atoms with E-state index in [1.165, 1.54) is 23.7 Å². The van der Waals surface area contributed by atoms with Crippen LogP contribution >= 0.6 is 15.9 Å². The van der Waals surface area contributed by atoms with Crippen LogP contribution in [0, 0.1) is 13.8 Å². The van der Waals surface area contributed by atoms with Gasteiger partial charge in [0.1, 0.15) is 0 Å². The Morgan fingerprint density at radius 2 is 2.04 bits per heavy atom. The molecule has 6 heteroatoms. The molecule has 0 amide bonds. The maximum atomic E-state index is 12.8. The summed E-state index contributed by atoms with van der Waals surface area (Å²) in [5, 5.41) is 0.508. The summed E-state index contributed by atoms with van der Waals surface area (Å²) in [5.74, 6) is -0.0572. The lowest BCUT2D eigenvalue weighted by Gasteiger charge is -2.08. The molecular formula is C19H18BrN3O2. The summed E-state index contributed by atoms with van der Waals surface area (Å²) in [5.41, 5.74) is 3.23. The summed E-state index contributed by atoms with van der Waals surface area (Å²) < 4.78 is 4.45. The zero-order valence-corrected chi connectivity index (χ0v) is 15.7. The van der Waals surface area contributed by atoms with Crippen molar-refractivity contribution in [2.75, 3.05) is 0 Å². The molecule has 2 aromatic heterocycles. The highest BCUT2D eigenvalue weighted by Gasteiger charge is 2.28. The number of carbonyl (C=O) groups is 1. The van der Waals surface area contributed by atoms with E-state index >= 15 is 0 Å². The molecule has 1 aliphatic carbocycles. The predicted octanol–water partition coefficient (Wildman–Crippen LogP) is 3.80. The number of aromatic nitrogens is 3. The zero-order chi connectivity index (χ0) is 17.7. The summed E-state index contributed by atoms with van der Waals surface area (Å²) in [7, 11) is 0. The Morgan fingerprint density at radius 1 is 1.28 bits per heavy atom. The molecule has 0 spiro atoms. The van der Waals surface area contributed by atoms with Crippen LogP contribution in [-0.4, -0.2) is 19.9 Å². The summed E-state index contributed by atoms with van der Waals surface area (Å²) in [6.07, 6.45) is 3.80. The first-order valence-corrected chi connectivity index (χ1v) is 9.11. The molecule has 1 saturated carbocycles. The number of carbonyl (C=O) groups excluding carboxylic acids is 1. The topological polar surface area (TPSA) is 56.9 Å². The number of hydrogen-bond acceptors (Lipinski definition) is 3. The van der Waals surface area contributed by atoms with Crippen LogP contribution in [0.15, 0.2) is 39.9 Å². The van der Waals surface area contributed by atoms with E-state index in [4.69, 9.17) is 0 Å². The number of rotatable bonds is 4. The first-order valence-electron chi connectivity index (χ1n) is 8.32. The fourth-order valence-electron chi connectivity index (χ4n) is 3.44. The Balaban J connectivity index is 1.70. The molecule has 128 valence electrons. The second-order valence-electron chi connectivity index (χ2n) is 6.65. The van der Waals surface area contributed by atoms with E-state index in [0.717, 1.165) is 15.9 Å². The van der Waals surface area contributed by atoms with Crippen LogP contribution in [0.3, 0.4) is 0 Å². The average molecular weight is 400 g/mol. The minimum Gasteiger partial charge on any atom is -0.345 e. The van der Waals surface area contributed by atoms with Gasteiger partial charge in [0, 0.05) is 27.5 Å². The van der Waals surface area contributed by atoms with Crippen molar-refractivity contribution < 1.29 is 4.79 Å². The third-order valence-electron chi connectivity index (χ3n) is 4.80. The van der Waals surface area contributed by atoms with E-state index in [1.54, 1.807) is 12.1 Å². The van der Waals surface area contributed by atoms with Crippen molar-refractivity contribution in [3.05, 3.63) is 62.4 Å². The van der Waals surface area contributed by atoms with Crippen molar-refractivity contribution >= 4 is 32.6 Å². The molecule has 4 rings (SSSR count). The number of nitrogens with zero attached hydrogens (tertiary/aromatic N) is 3. The van der Waals surface area contributed by atoms with Gasteiger partial charge in [0.05, 0.1) is 23.8 Å². The van der Waals surface area contributed by atoms with E-state index in [2.05, 4.69) is 25.5 Å². The Labute approximate surface area is 153 Å². The van der Waals surface area contributed by atoms with Gasteiger partial charge in [-0.15, -0.1) is 0 Å². The van der Waals surface area contributed by atoms with E-state index in [9.17, 15) is 9.59 Å². The predicted molar refractivity (Wildman–Crippen MR) is 100 cm³/mol. The molecule has 0 aliphatic heterocycles. The second kappa shape index (κ2) is 5.95. The number of ketones is 1. The molecule has 1 aromatic carbocycles. The van der Waals surface area contributed by atoms with E-state index in [-0.39, 0.29) is 17.9 Å². The molecule has 0 atom stereocenters. The highest BCUT2D eigenvalue weighted by atomic mass is 79.9. The van der Waals surface area contributed by atoms with E-state index in [1.807, 2.05) is 26.0 Å². The van der Waals surface area contributed by atoms with Gasteiger partial charge in [-0.25, -0.2) is 4.98 Å². The average Bonchev–Trinajstić information content (AvgIpc) is 3.36. The molecule has 0 unspecified atom stereocenters. The largest absolute Gasteiger partial charge is 0.345 e. The summed E-state index contributed by atoms with van der Waals surface area (Å²) >= 11 is 3.37. The molecule has 1 fully saturated rings. The molecule has 0 saturated heterocycles. The van der Waals surface area contributed by atoms with Gasteiger partial charge in [0.2, 0.25) is 0 Å². The number of benzene rings is 1. The van der Waals surface area contributed by atoms with Crippen molar-refractivity contribution in [2.24, 2.45) is 0 Å². The van der Waals surface area contributed by atoms with Crippen molar-refractivity contribution in [2.45, 2.75) is 39.3 Å². The first kappa shape index (κ1) is 16.3. The van der Waals surface area contributed by atoms with Crippen LogP contribution in [0.2, 0.25) is 0 Å². The Hall–Kier alpha value is -2.21.